The first-order valence-electron chi connectivity index (χ1n) is 6.80. The van der Waals surface area contributed by atoms with Gasteiger partial charge in [-0.1, -0.05) is 13.0 Å². The summed E-state index contributed by atoms with van der Waals surface area (Å²) in [6.07, 6.45) is 4.20. The lowest BCUT2D eigenvalue weighted by molar-refractivity contribution is 0.276. The zero-order chi connectivity index (χ0) is 14.2. The Morgan fingerprint density at radius 1 is 1.10 bits per heavy atom. The molecule has 2 rings (SSSR count). The van der Waals surface area contributed by atoms with Crippen LogP contribution in [-0.2, 0) is 6.54 Å². The second-order valence-electron chi connectivity index (χ2n) is 4.27. The van der Waals surface area contributed by atoms with Gasteiger partial charge in [0, 0.05) is 0 Å². The van der Waals surface area contributed by atoms with Crippen molar-refractivity contribution in [2.45, 2.75) is 26.8 Å². The van der Waals surface area contributed by atoms with Crippen LogP contribution < -0.4 is 14.9 Å². The van der Waals surface area contributed by atoms with Crippen molar-refractivity contribution in [1.82, 2.24) is 14.9 Å². The Hall–Kier alpha value is -2.24. The summed E-state index contributed by atoms with van der Waals surface area (Å²) in [5.74, 6) is 1.57. The standard InChI is InChI=1S/C14H20N4O2/c1-3-7-20-13-6-5-12(8-14(13)19-4-2)9-17-18-10-15-16-11-18/h5-6,8,10-11,17H,3-4,7,9H2,1-2H3. The lowest BCUT2D eigenvalue weighted by atomic mass is 10.2. The zero-order valence-corrected chi connectivity index (χ0v) is 11.9. The number of rotatable bonds is 8. The summed E-state index contributed by atoms with van der Waals surface area (Å²) >= 11 is 0. The highest BCUT2D eigenvalue weighted by Crippen LogP contribution is 2.28. The second kappa shape index (κ2) is 7.37. The van der Waals surface area contributed by atoms with Gasteiger partial charge in [-0.3, -0.25) is 0 Å². The van der Waals surface area contributed by atoms with Gasteiger partial charge in [0.15, 0.2) is 11.5 Å². The van der Waals surface area contributed by atoms with Gasteiger partial charge in [-0.15, -0.1) is 10.2 Å². The van der Waals surface area contributed by atoms with Crippen molar-refractivity contribution in [3.05, 3.63) is 36.4 Å². The van der Waals surface area contributed by atoms with Crippen molar-refractivity contribution in [3.8, 4) is 11.5 Å². The summed E-state index contributed by atoms with van der Waals surface area (Å²) in [5, 5.41) is 7.47. The molecule has 0 spiro atoms. The minimum atomic E-state index is 0.616. The number of hydrogen-bond donors (Lipinski definition) is 1. The van der Waals surface area contributed by atoms with Crippen LogP contribution >= 0.6 is 0 Å². The Balaban J connectivity index is 2.04. The summed E-state index contributed by atoms with van der Waals surface area (Å²) in [4.78, 5) is 0. The first-order chi connectivity index (χ1) is 9.83. The number of hydrogen-bond acceptors (Lipinski definition) is 5. The molecule has 0 aliphatic rings. The van der Waals surface area contributed by atoms with Gasteiger partial charge in [-0.05, 0) is 31.0 Å². The quantitative estimate of drug-likeness (QED) is 0.801. The van der Waals surface area contributed by atoms with E-state index in [9.17, 15) is 0 Å². The van der Waals surface area contributed by atoms with Crippen LogP contribution in [0.2, 0.25) is 0 Å². The molecule has 1 heterocycles. The fourth-order valence-corrected chi connectivity index (χ4v) is 1.73. The number of ether oxygens (including phenoxy) is 2. The fraction of sp³-hybridized carbons (Fsp3) is 0.429. The van der Waals surface area contributed by atoms with Crippen molar-refractivity contribution in [1.29, 1.82) is 0 Å². The Labute approximate surface area is 118 Å². The van der Waals surface area contributed by atoms with E-state index in [4.69, 9.17) is 9.47 Å². The average molecular weight is 276 g/mol. The summed E-state index contributed by atoms with van der Waals surface area (Å²) < 4.78 is 13.0. The molecule has 1 aromatic carbocycles. The molecule has 0 saturated carbocycles. The van der Waals surface area contributed by atoms with E-state index >= 15 is 0 Å². The molecule has 0 bridgehead atoms. The van der Waals surface area contributed by atoms with E-state index in [1.807, 2.05) is 25.1 Å². The smallest absolute Gasteiger partial charge is 0.161 e. The molecule has 108 valence electrons. The predicted molar refractivity (Wildman–Crippen MR) is 76.5 cm³/mol. The lowest BCUT2D eigenvalue weighted by Crippen LogP contribution is -2.12. The van der Waals surface area contributed by atoms with E-state index in [-0.39, 0.29) is 0 Å². The Morgan fingerprint density at radius 2 is 1.90 bits per heavy atom. The molecule has 2 aromatic rings. The largest absolute Gasteiger partial charge is 0.490 e. The first-order valence-corrected chi connectivity index (χ1v) is 6.80. The summed E-state index contributed by atoms with van der Waals surface area (Å²) in [5.41, 5.74) is 4.27. The SMILES string of the molecule is CCCOc1ccc(CNn2cnnc2)cc1OCC. The second-order valence-corrected chi connectivity index (χ2v) is 4.27. The molecule has 0 fully saturated rings. The highest BCUT2D eigenvalue weighted by molar-refractivity contribution is 5.43. The molecular formula is C14H20N4O2. The minimum absolute atomic E-state index is 0.616. The van der Waals surface area contributed by atoms with Gasteiger partial charge in [0.1, 0.15) is 12.7 Å². The molecule has 0 unspecified atom stereocenters. The van der Waals surface area contributed by atoms with Crippen LogP contribution in [0.5, 0.6) is 11.5 Å². The molecule has 0 atom stereocenters. The maximum absolute atomic E-state index is 5.67. The third kappa shape index (κ3) is 3.88. The van der Waals surface area contributed by atoms with Gasteiger partial charge in [-0.25, -0.2) is 4.68 Å². The zero-order valence-electron chi connectivity index (χ0n) is 11.9. The Kier molecular flexibility index (Phi) is 5.23. The van der Waals surface area contributed by atoms with Gasteiger partial charge in [0.2, 0.25) is 0 Å². The summed E-state index contributed by atoms with van der Waals surface area (Å²) in [6, 6.07) is 5.96. The van der Waals surface area contributed by atoms with Crippen LogP contribution in [0.1, 0.15) is 25.8 Å². The predicted octanol–water partition coefficient (Wildman–Crippen LogP) is 2.21. The van der Waals surface area contributed by atoms with Crippen molar-refractivity contribution in [2.75, 3.05) is 18.6 Å². The molecule has 0 amide bonds. The van der Waals surface area contributed by atoms with Crippen LogP contribution in [0.4, 0.5) is 0 Å². The van der Waals surface area contributed by atoms with Crippen LogP contribution in [0.3, 0.4) is 0 Å². The normalized spacial score (nSPS) is 10.3. The summed E-state index contributed by atoms with van der Waals surface area (Å²) in [6.45, 7) is 6.01. The number of nitrogens with one attached hydrogen (secondary N) is 1. The summed E-state index contributed by atoms with van der Waals surface area (Å²) in [7, 11) is 0. The highest BCUT2D eigenvalue weighted by Gasteiger charge is 2.06. The maximum Gasteiger partial charge on any atom is 0.161 e. The number of nitrogens with zero attached hydrogens (tertiary/aromatic N) is 3. The van der Waals surface area contributed by atoms with E-state index < -0.39 is 0 Å². The molecular weight excluding hydrogens is 256 g/mol. The van der Waals surface area contributed by atoms with Gasteiger partial charge >= 0.3 is 0 Å². The maximum atomic E-state index is 5.67. The van der Waals surface area contributed by atoms with E-state index in [1.54, 1.807) is 17.3 Å². The average Bonchev–Trinajstić information content (AvgIpc) is 2.98. The molecule has 0 radical (unpaired) electrons. The molecule has 0 aliphatic carbocycles. The molecule has 20 heavy (non-hydrogen) atoms. The Morgan fingerprint density at radius 3 is 2.60 bits per heavy atom. The van der Waals surface area contributed by atoms with Crippen LogP contribution in [0.15, 0.2) is 30.9 Å². The molecule has 0 aliphatic heterocycles. The van der Waals surface area contributed by atoms with Crippen LogP contribution in [0.25, 0.3) is 0 Å². The monoisotopic (exact) mass is 276 g/mol. The van der Waals surface area contributed by atoms with Crippen LogP contribution in [-0.4, -0.2) is 28.1 Å². The van der Waals surface area contributed by atoms with Crippen molar-refractivity contribution >= 4 is 0 Å². The number of aromatic nitrogens is 3. The molecule has 6 nitrogen and oxygen atoms in total. The molecule has 1 aromatic heterocycles. The minimum Gasteiger partial charge on any atom is -0.490 e. The van der Waals surface area contributed by atoms with E-state index in [1.165, 1.54) is 0 Å². The van der Waals surface area contributed by atoms with Gasteiger partial charge < -0.3 is 14.9 Å². The lowest BCUT2D eigenvalue weighted by Gasteiger charge is -2.13. The molecule has 0 saturated heterocycles. The van der Waals surface area contributed by atoms with E-state index in [2.05, 4.69) is 22.5 Å². The number of benzene rings is 1. The molecule has 1 N–H and O–H groups in total. The highest BCUT2D eigenvalue weighted by atomic mass is 16.5. The third-order valence-electron chi connectivity index (χ3n) is 2.65. The van der Waals surface area contributed by atoms with Crippen LogP contribution in [0, 0.1) is 0 Å². The third-order valence-corrected chi connectivity index (χ3v) is 2.65. The van der Waals surface area contributed by atoms with Crippen molar-refractivity contribution < 1.29 is 9.47 Å². The Bertz CT molecular complexity index is 514. The first kappa shape index (κ1) is 14.2. The molecule has 6 heteroatoms. The van der Waals surface area contributed by atoms with E-state index in [0.717, 1.165) is 23.5 Å². The van der Waals surface area contributed by atoms with Crippen molar-refractivity contribution in [2.24, 2.45) is 0 Å². The topological polar surface area (TPSA) is 61.2 Å². The van der Waals surface area contributed by atoms with Gasteiger partial charge in [0.25, 0.3) is 0 Å². The van der Waals surface area contributed by atoms with Gasteiger partial charge in [0.05, 0.1) is 19.8 Å². The van der Waals surface area contributed by atoms with Gasteiger partial charge in [-0.2, -0.15) is 0 Å². The van der Waals surface area contributed by atoms with Crippen molar-refractivity contribution in [3.63, 3.8) is 0 Å². The van der Waals surface area contributed by atoms with E-state index in [0.29, 0.717) is 19.8 Å². The fourth-order valence-electron chi connectivity index (χ4n) is 1.73.